The zero-order valence-electron chi connectivity index (χ0n) is 18.7. The number of benzene rings is 1. The number of methoxy groups -OCH3 is 1. The van der Waals surface area contributed by atoms with Gasteiger partial charge in [0.1, 0.15) is 6.10 Å². The summed E-state index contributed by atoms with van der Waals surface area (Å²) in [5, 5.41) is 0. The maximum Gasteiger partial charge on any atom is 0.417 e. The SMILES string of the molecule is COc1c([C@H]2[C@H](c3cc(=O)c(C(C)C)c(C)[nH]3)O[C@@](C)(C(F)(F)F)[C@H]2C)ccc(F)c1F. The zero-order valence-corrected chi connectivity index (χ0v) is 18.7. The molecule has 0 unspecified atom stereocenters. The molecular weight excluding hydrogens is 433 g/mol. The molecule has 0 amide bonds. The molecule has 9 heteroatoms. The van der Waals surface area contributed by atoms with Gasteiger partial charge in [-0.25, -0.2) is 4.39 Å². The molecule has 4 atom stereocenters. The second kappa shape index (κ2) is 8.17. The maximum absolute atomic E-state index is 14.4. The van der Waals surface area contributed by atoms with Gasteiger partial charge in [0.15, 0.2) is 22.6 Å². The summed E-state index contributed by atoms with van der Waals surface area (Å²) < 4.78 is 81.1. The normalized spacial score (nSPS) is 26.1. The van der Waals surface area contributed by atoms with Crippen LogP contribution in [0.25, 0.3) is 0 Å². The van der Waals surface area contributed by atoms with E-state index in [9.17, 15) is 26.7 Å². The highest BCUT2D eigenvalue weighted by Crippen LogP contribution is 2.59. The maximum atomic E-state index is 14.4. The van der Waals surface area contributed by atoms with Crippen LogP contribution in [0.3, 0.4) is 0 Å². The number of alkyl halides is 3. The average molecular weight is 459 g/mol. The number of H-pyrrole nitrogens is 1. The van der Waals surface area contributed by atoms with Crippen LogP contribution in [-0.4, -0.2) is 23.9 Å². The summed E-state index contributed by atoms with van der Waals surface area (Å²) in [5.74, 6) is -5.35. The Bertz CT molecular complexity index is 1080. The zero-order chi connectivity index (χ0) is 24.2. The van der Waals surface area contributed by atoms with Crippen molar-refractivity contribution in [3.63, 3.8) is 0 Å². The molecule has 0 saturated carbocycles. The van der Waals surface area contributed by atoms with Crippen LogP contribution in [-0.2, 0) is 4.74 Å². The van der Waals surface area contributed by atoms with Crippen LogP contribution in [0.2, 0.25) is 0 Å². The van der Waals surface area contributed by atoms with Crippen molar-refractivity contribution in [2.24, 2.45) is 5.92 Å². The van der Waals surface area contributed by atoms with Crippen molar-refractivity contribution < 1.29 is 31.4 Å². The van der Waals surface area contributed by atoms with E-state index < -0.39 is 47.1 Å². The summed E-state index contributed by atoms with van der Waals surface area (Å²) in [4.78, 5) is 15.7. The van der Waals surface area contributed by atoms with E-state index in [1.807, 2.05) is 13.8 Å². The summed E-state index contributed by atoms with van der Waals surface area (Å²) >= 11 is 0. The van der Waals surface area contributed by atoms with E-state index in [1.54, 1.807) is 6.92 Å². The number of hydrogen-bond acceptors (Lipinski definition) is 3. The van der Waals surface area contributed by atoms with E-state index in [0.29, 0.717) is 11.3 Å². The first kappa shape index (κ1) is 24.2. The fraction of sp³-hybridized carbons (Fsp3) is 0.522. The number of aromatic amines is 1. The number of ether oxygens (including phenoxy) is 2. The number of aryl methyl sites for hydroxylation is 1. The molecule has 1 saturated heterocycles. The predicted octanol–water partition coefficient (Wildman–Crippen LogP) is 5.91. The predicted molar refractivity (Wildman–Crippen MR) is 109 cm³/mol. The third-order valence-electron chi connectivity index (χ3n) is 6.48. The molecule has 0 bridgehead atoms. The Hall–Kier alpha value is -2.42. The lowest BCUT2D eigenvalue weighted by Gasteiger charge is -2.32. The lowest BCUT2D eigenvalue weighted by molar-refractivity contribution is -0.275. The number of aromatic nitrogens is 1. The third kappa shape index (κ3) is 3.70. The van der Waals surface area contributed by atoms with Crippen LogP contribution in [0, 0.1) is 24.5 Å². The van der Waals surface area contributed by atoms with Crippen molar-refractivity contribution in [3.8, 4) is 5.75 Å². The standard InChI is InChI=1S/C23H26F5NO3/c1-10(2)17-12(4)29-15(9-16(17)30)21-18(11(3)22(5,32-21)23(26,27)28)13-7-8-14(24)19(25)20(13)31-6/h7-11,18,21H,1-6H3,(H,29,30)/t11-,18-,21-,22+/m0/s1. The Morgan fingerprint density at radius 3 is 2.34 bits per heavy atom. The van der Waals surface area contributed by atoms with Crippen LogP contribution in [0.5, 0.6) is 5.75 Å². The van der Waals surface area contributed by atoms with Crippen molar-refractivity contribution >= 4 is 0 Å². The topological polar surface area (TPSA) is 51.3 Å². The largest absolute Gasteiger partial charge is 0.493 e. The van der Waals surface area contributed by atoms with E-state index >= 15 is 0 Å². The van der Waals surface area contributed by atoms with Gasteiger partial charge in [-0.2, -0.15) is 17.6 Å². The molecule has 1 aliphatic rings. The molecule has 2 heterocycles. The van der Waals surface area contributed by atoms with Crippen LogP contribution in [0.4, 0.5) is 22.0 Å². The Kier molecular flexibility index (Phi) is 6.19. The molecule has 0 aliphatic carbocycles. The first-order valence-electron chi connectivity index (χ1n) is 10.2. The summed E-state index contributed by atoms with van der Waals surface area (Å²) in [6.45, 7) is 7.59. The molecule has 0 radical (unpaired) electrons. The van der Waals surface area contributed by atoms with Crippen LogP contribution < -0.4 is 10.2 Å². The summed E-state index contributed by atoms with van der Waals surface area (Å²) in [6.07, 6.45) is -6.03. The fourth-order valence-corrected chi connectivity index (χ4v) is 4.67. The van der Waals surface area contributed by atoms with Crippen molar-refractivity contribution in [1.82, 2.24) is 4.98 Å². The van der Waals surface area contributed by atoms with Gasteiger partial charge in [0.25, 0.3) is 0 Å². The Balaban J connectivity index is 2.26. The van der Waals surface area contributed by atoms with Gasteiger partial charge in [-0.1, -0.05) is 26.8 Å². The van der Waals surface area contributed by atoms with Crippen LogP contribution in [0.15, 0.2) is 23.0 Å². The second-order valence-electron chi connectivity index (χ2n) is 8.72. The van der Waals surface area contributed by atoms with Crippen molar-refractivity contribution in [3.05, 3.63) is 62.6 Å². The summed E-state index contributed by atoms with van der Waals surface area (Å²) in [6, 6.07) is 3.27. The highest BCUT2D eigenvalue weighted by molar-refractivity contribution is 5.42. The quantitative estimate of drug-likeness (QED) is 0.579. The Labute approximate surface area is 182 Å². The molecule has 3 rings (SSSR count). The van der Waals surface area contributed by atoms with Crippen LogP contribution in [0.1, 0.15) is 68.1 Å². The van der Waals surface area contributed by atoms with Gasteiger partial charge < -0.3 is 14.5 Å². The number of halogens is 5. The highest BCUT2D eigenvalue weighted by Gasteiger charge is 2.65. The van der Waals surface area contributed by atoms with Gasteiger partial charge >= 0.3 is 6.18 Å². The third-order valence-corrected chi connectivity index (χ3v) is 6.48. The fourth-order valence-electron chi connectivity index (χ4n) is 4.67. The number of pyridine rings is 1. The second-order valence-corrected chi connectivity index (χ2v) is 8.72. The Morgan fingerprint density at radius 1 is 1.22 bits per heavy atom. The monoisotopic (exact) mass is 459 g/mol. The van der Waals surface area contributed by atoms with E-state index in [4.69, 9.17) is 9.47 Å². The summed E-state index contributed by atoms with van der Waals surface area (Å²) in [5.41, 5.74) is -1.74. The van der Waals surface area contributed by atoms with Crippen LogP contribution >= 0.6 is 0 Å². The lowest BCUT2D eigenvalue weighted by atomic mass is 9.76. The van der Waals surface area contributed by atoms with Crippen molar-refractivity contribution in [1.29, 1.82) is 0 Å². The Morgan fingerprint density at radius 2 is 1.84 bits per heavy atom. The van der Waals surface area contributed by atoms with Crippen molar-refractivity contribution in [2.75, 3.05) is 7.11 Å². The number of rotatable bonds is 4. The molecule has 176 valence electrons. The minimum atomic E-state index is -4.75. The summed E-state index contributed by atoms with van der Waals surface area (Å²) in [7, 11) is 1.11. The van der Waals surface area contributed by atoms with Gasteiger partial charge in [0, 0.05) is 40.4 Å². The van der Waals surface area contributed by atoms with Gasteiger partial charge in [0.05, 0.1) is 7.11 Å². The van der Waals surface area contributed by atoms with E-state index in [2.05, 4.69) is 4.98 Å². The van der Waals surface area contributed by atoms with Gasteiger partial charge in [-0.15, -0.1) is 0 Å². The highest BCUT2D eigenvalue weighted by atomic mass is 19.4. The molecule has 1 aliphatic heterocycles. The molecule has 1 N–H and O–H groups in total. The van der Waals surface area contributed by atoms with Gasteiger partial charge in [0.2, 0.25) is 5.82 Å². The lowest BCUT2D eigenvalue weighted by Crippen LogP contribution is -2.46. The minimum absolute atomic E-state index is 0.0308. The molecule has 0 spiro atoms. The molecular formula is C23H26F5NO3. The molecule has 2 aromatic rings. The first-order chi connectivity index (χ1) is 14.7. The smallest absolute Gasteiger partial charge is 0.417 e. The van der Waals surface area contributed by atoms with Gasteiger partial charge in [-0.05, 0) is 25.8 Å². The molecule has 32 heavy (non-hydrogen) atoms. The molecule has 1 aromatic carbocycles. The molecule has 4 nitrogen and oxygen atoms in total. The first-order valence-corrected chi connectivity index (χ1v) is 10.2. The van der Waals surface area contributed by atoms with Gasteiger partial charge in [-0.3, -0.25) is 4.79 Å². The molecule has 1 aromatic heterocycles. The number of nitrogens with one attached hydrogen (secondary N) is 1. The minimum Gasteiger partial charge on any atom is -0.493 e. The average Bonchev–Trinajstić information content (AvgIpc) is 2.95. The van der Waals surface area contributed by atoms with E-state index in [1.165, 1.54) is 19.1 Å². The molecule has 1 fully saturated rings. The van der Waals surface area contributed by atoms with E-state index in [-0.39, 0.29) is 22.6 Å². The van der Waals surface area contributed by atoms with Crippen molar-refractivity contribution in [2.45, 2.75) is 64.3 Å². The number of hydrogen-bond donors (Lipinski definition) is 1. The van der Waals surface area contributed by atoms with E-state index in [0.717, 1.165) is 20.1 Å².